The van der Waals surface area contributed by atoms with E-state index in [0.29, 0.717) is 12.1 Å². The van der Waals surface area contributed by atoms with Crippen molar-refractivity contribution in [1.82, 2.24) is 4.90 Å². The van der Waals surface area contributed by atoms with E-state index in [0.717, 1.165) is 11.3 Å². The summed E-state index contributed by atoms with van der Waals surface area (Å²) in [6.07, 6.45) is 2.83. The molecular formula is C20H22F2N2O2. The number of carbonyl (C=O) groups excluding carboxylic acids is 1. The molecule has 0 spiro atoms. The van der Waals surface area contributed by atoms with Crippen molar-refractivity contribution in [3.8, 4) is 5.75 Å². The van der Waals surface area contributed by atoms with E-state index >= 15 is 0 Å². The minimum atomic E-state index is -2.91. The van der Waals surface area contributed by atoms with Crippen LogP contribution in [0.1, 0.15) is 11.1 Å². The van der Waals surface area contributed by atoms with E-state index in [1.54, 1.807) is 30.1 Å². The Hall–Kier alpha value is -2.89. The second-order valence-electron chi connectivity index (χ2n) is 6.00. The molecule has 2 rings (SSSR count). The first-order valence-electron chi connectivity index (χ1n) is 8.10. The third-order valence-corrected chi connectivity index (χ3v) is 3.79. The fourth-order valence-electron chi connectivity index (χ4n) is 2.36. The average Bonchev–Trinajstić information content (AvgIpc) is 2.60. The van der Waals surface area contributed by atoms with Crippen LogP contribution >= 0.6 is 0 Å². The summed E-state index contributed by atoms with van der Waals surface area (Å²) in [7, 11) is 5.62. The van der Waals surface area contributed by atoms with Crippen LogP contribution in [-0.4, -0.2) is 38.6 Å². The van der Waals surface area contributed by atoms with Crippen LogP contribution in [0.5, 0.6) is 5.75 Å². The van der Waals surface area contributed by atoms with E-state index < -0.39 is 6.61 Å². The number of para-hydroxylation sites is 1. The Morgan fingerprint density at radius 3 is 2.35 bits per heavy atom. The van der Waals surface area contributed by atoms with Crippen LogP contribution in [0.15, 0.2) is 54.6 Å². The van der Waals surface area contributed by atoms with Gasteiger partial charge in [-0.25, -0.2) is 0 Å². The highest BCUT2D eigenvalue weighted by molar-refractivity contribution is 5.92. The number of halogens is 2. The summed E-state index contributed by atoms with van der Waals surface area (Å²) in [5, 5.41) is 0. The summed E-state index contributed by atoms with van der Waals surface area (Å²) < 4.78 is 29.3. The molecule has 0 fully saturated rings. The molecule has 0 aliphatic carbocycles. The lowest BCUT2D eigenvalue weighted by molar-refractivity contribution is -0.125. The maximum absolute atomic E-state index is 12.4. The van der Waals surface area contributed by atoms with Crippen molar-refractivity contribution in [2.24, 2.45) is 0 Å². The molecule has 4 nitrogen and oxygen atoms in total. The second kappa shape index (κ2) is 8.99. The largest absolute Gasteiger partial charge is 0.434 e. The van der Waals surface area contributed by atoms with Crippen molar-refractivity contribution in [3.63, 3.8) is 0 Å². The predicted octanol–water partition coefficient (Wildman–Crippen LogP) is 4.03. The third-order valence-electron chi connectivity index (χ3n) is 3.79. The first-order valence-corrected chi connectivity index (χ1v) is 8.10. The van der Waals surface area contributed by atoms with Crippen molar-refractivity contribution in [2.45, 2.75) is 13.2 Å². The number of hydrogen-bond donors (Lipinski definition) is 0. The number of nitrogens with zero attached hydrogens (tertiary/aromatic N) is 2. The fraction of sp³-hybridized carbons (Fsp3) is 0.250. The molecule has 0 unspecified atom stereocenters. The van der Waals surface area contributed by atoms with Crippen molar-refractivity contribution < 1.29 is 18.3 Å². The minimum Gasteiger partial charge on any atom is -0.434 e. The quantitative estimate of drug-likeness (QED) is 0.699. The van der Waals surface area contributed by atoms with Crippen LogP contribution in [0.3, 0.4) is 0 Å². The summed E-state index contributed by atoms with van der Waals surface area (Å²) in [5.41, 5.74) is 2.50. The Kier molecular flexibility index (Phi) is 6.72. The van der Waals surface area contributed by atoms with E-state index in [1.165, 1.54) is 18.2 Å². The molecule has 1 amide bonds. The maximum atomic E-state index is 12.4. The van der Waals surface area contributed by atoms with E-state index in [-0.39, 0.29) is 11.7 Å². The van der Waals surface area contributed by atoms with Gasteiger partial charge in [0.25, 0.3) is 0 Å². The number of alkyl halides is 2. The van der Waals surface area contributed by atoms with Gasteiger partial charge in [0.05, 0.1) is 0 Å². The van der Waals surface area contributed by atoms with Gasteiger partial charge in [0, 0.05) is 45.0 Å². The van der Waals surface area contributed by atoms with Crippen LogP contribution in [0, 0.1) is 0 Å². The van der Waals surface area contributed by atoms with Crippen LogP contribution < -0.4 is 9.64 Å². The zero-order valence-corrected chi connectivity index (χ0v) is 15.0. The number of amides is 1. The number of likely N-dealkylation sites (N-methyl/N-ethyl adjacent to an activating group) is 1. The lowest BCUT2D eigenvalue weighted by Gasteiger charge is -2.17. The van der Waals surface area contributed by atoms with E-state index in [4.69, 9.17) is 0 Å². The van der Waals surface area contributed by atoms with E-state index in [9.17, 15) is 13.6 Å². The number of ether oxygens (including phenoxy) is 1. The lowest BCUT2D eigenvalue weighted by Crippen LogP contribution is -2.24. The summed E-state index contributed by atoms with van der Waals surface area (Å²) >= 11 is 0. The second-order valence-corrected chi connectivity index (χ2v) is 6.00. The van der Waals surface area contributed by atoms with Crippen LogP contribution in [0.25, 0.3) is 6.08 Å². The Labute approximate surface area is 152 Å². The van der Waals surface area contributed by atoms with Gasteiger partial charge >= 0.3 is 6.61 Å². The first kappa shape index (κ1) is 19.4. The summed E-state index contributed by atoms with van der Waals surface area (Å²) in [6.45, 7) is -2.46. The Morgan fingerprint density at radius 2 is 1.73 bits per heavy atom. The van der Waals surface area contributed by atoms with Gasteiger partial charge in [-0.05, 0) is 29.8 Å². The summed E-state index contributed by atoms with van der Waals surface area (Å²) in [5.74, 6) is -0.193. The highest BCUT2D eigenvalue weighted by Crippen LogP contribution is 2.21. The summed E-state index contributed by atoms with van der Waals surface area (Å²) in [6, 6.07) is 14.2. The molecule has 0 heterocycles. The monoisotopic (exact) mass is 360 g/mol. The zero-order chi connectivity index (χ0) is 19.1. The number of anilines is 1. The topological polar surface area (TPSA) is 32.8 Å². The van der Waals surface area contributed by atoms with Crippen molar-refractivity contribution in [3.05, 3.63) is 65.7 Å². The Bertz CT molecular complexity index is 759. The van der Waals surface area contributed by atoms with E-state index in [2.05, 4.69) is 4.74 Å². The molecule has 2 aromatic carbocycles. The van der Waals surface area contributed by atoms with Gasteiger partial charge in [0.1, 0.15) is 5.75 Å². The smallest absolute Gasteiger partial charge is 0.387 e. The molecule has 0 aliphatic rings. The molecule has 26 heavy (non-hydrogen) atoms. The Morgan fingerprint density at radius 1 is 1.08 bits per heavy atom. The number of carbonyl (C=O) groups is 1. The molecule has 6 heteroatoms. The highest BCUT2D eigenvalue weighted by atomic mass is 19.3. The van der Waals surface area contributed by atoms with Crippen molar-refractivity contribution in [1.29, 1.82) is 0 Å². The molecule has 0 aliphatic heterocycles. The average molecular weight is 360 g/mol. The number of benzene rings is 2. The van der Waals surface area contributed by atoms with Gasteiger partial charge in [-0.2, -0.15) is 8.78 Å². The van der Waals surface area contributed by atoms with Crippen LogP contribution in [0.4, 0.5) is 14.5 Å². The molecule has 0 bridgehead atoms. The predicted molar refractivity (Wildman–Crippen MR) is 99.4 cm³/mol. The molecule has 138 valence electrons. The maximum Gasteiger partial charge on any atom is 0.387 e. The van der Waals surface area contributed by atoms with Crippen molar-refractivity contribution in [2.75, 3.05) is 26.0 Å². The summed E-state index contributed by atoms with van der Waals surface area (Å²) in [4.78, 5) is 15.8. The lowest BCUT2D eigenvalue weighted by atomic mass is 10.1. The molecule has 0 radical (unpaired) electrons. The SMILES string of the molecule is CN(Cc1ccc(N(C)C)cc1)C(=O)/C=C/c1ccccc1OC(F)F. The molecule has 0 saturated heterocycles. The number of hydrogen-bond acceptors (Lipinski definition) is 3. The molecule has 0 atom stereocenters. The standard InChI is InChI=1S/C20H22F2N2O2/c1-23(2)17-11-8-15(9-12-17)14-24(3)19(25)13-10-16-6-4-5-7-18(16)26-20(21)22/h4-13,20H,14H2,1-3H3/b13-10+. The zero-order valence-electron chi connectivity index (χ0n) is 15.0. The number of rotatable bonds is 7. The van der Waals surface area contributed by atoms with Gasteiger partial charge in [0.2, 0.25) is 5.91 Å². The minimum absolute atomic E-state index is 0.0356. The molecule has 0 N–H and O–H groups in total. The van der Waals surface area contributed by atoms with Gasteiger partial charge < -0.3 is 14.5 Å². The van der Waals surface area contributed by atoms with Gasteiger partial charge in [-0.15, -0.1) is 0 Å². The Balaban J connectivity index is 2.01. The van der Waals surface area contributed by atoms with Crippen LogP contribution in [-0.2, 0) is 11.3 Å². The van der Waals surface area contributed by atoms with Gasteiger partial charge in [0.15, 0.2) is 0 Å². The molecular weight excluding hydrogens is 338 g/mol. The molecule has 0 aromatic heterocycles. The normalized spacial score (nSPS) is 11.0. The van der Waals surface area contributed by atoms with Gasteiger partial charge in [-0.1, -0.05) is 30.3 Å². The highest BCUT2D eigenvalue weighted by Gasteiger charge is 2.09. The van der Waals surface area contributed by atoms with Gasteiger partial charge in [-0.3, -0.25) is 4.79 Å². The van der Waals surface area contributed by atoms with E-state index in [1.807, 2.05) is 43.3 Å². The molecule has 0 saturated carbocycles. The fourth-order valence-corrected chi connectivity index (χ4v) is 2.36. The first-order chi connectivity index (χ1) is 12.4. The molecule has 2 aromatic rings. The van der Waals surface area contributed by atoms with Crippen molar-refractivity contribution >= 4 is 17.7 Å². The third kappa shape index (κ3) is 5.58. The van der Waals surface area contributed by atoms with Crippen LogP contribution in [0.2, 0.25) is 0 Å².